The molecular weight excluding hydrogens is 270 g/mol. The molecule has 0 unspecified atom stereocenters. The summed E-state index contributed by atoms with van der Waals surface area (Å²) in [5, 5.41) is 0. The van der Waals surface area contributed by atoms with Gasteiger partial charge in [-0.05, 0) is 19.1 Å². The largest absolute Gasteiger partial charge is 0.343 e. The molecule has 0 atom stereocenters. The van der Waals surface area contributed by atoms with Gasteiger partial charge < -0.3 is 4.90 Å². The molecule has 1 aromatic carbocycles. The lowest BCUT2D eigenvalue weighted by Gasteiger charge is -2.19. The molecule has 4 amide bonds. The highest BCUT2D eigenvalue weighted by Crippen LogP contribution is 2.21. The minimum absolute atomic E-state index is 0.284. The van der Waals surface area contributed by atoms with Crippen LogP contribution in [0.3, 0.4) is 0 Å². The van der Waals surface area contributed by atoms with E-state index >= 15 is 0 Å². The van der Waals surface area contributed by atoms with E-state index in [4.69, 9.17) is 0 Å². The van der Waals surface area contributed by atoms with Crippen molar-refractivity contribution in [3.05, 3.63) is 29.8 Å². The summed E-state index contributed by atoms with van der Waals surface area (Å²) in [6.07, 6.45) is 2.20. The number of nitrogens with zero attached hydrogens (tertiary/aromatic N) is 2. The van der Waals surface area contributed by atoms with Crippen molar-refractivity contribution in [1.29, 1.82) is 0 Å². The fourth-order valence-corrected chi connectivity index (χ4v) is 2.82. The second-order valence-corrected chi connectivity index (χ2v) is 5.61. The summed E-state index contributed by atoms with van der Waals surface area (Å²) in [7, 11) is 0. The molecule has 1 aromatic rings. The molecule has 6 heteroatoms. The number of carbonyl (C=O) groups is 3. The van der Waals surface area contributed by atoms with Crippen LogP contribution in [-0.2, 0) is 9.59 Å². The van der Waals surface area contributed by atoms with Crippen LogP contribution in [0.1, 0.15) is 18.4 Å². The number of urea groups is 1. The van der Waals surface area contributed by atoms with Gasteiger partial charge in [0, 0.05) is 12.8 Å². The van der Waals surface area contributed by atoms with E-state index in [1.54, 1.807) is 12.1 Å². The first-order valence-electron chi connectivity index (χ1n) is 7.18. The first-order valence-corrected chi connectivity index (χ1v) is 7.18. The number of amides is 4. The highest BCUT2D eigenvalue weighted by molar-refractivity contribution is 6.52. The Kier molecular flexibility index (Phi) is 3.47. The van der Waals surface area contributed by atoms with Crippen LogP contribution in [0, 0.1) is 6.92 Å². The Hall–Kier alpha value is -2.21. The number of benzene rings is 1. The van der Waals surface area contributed by atoms with Crippen LogP contribution in [-0.4, -0.2) is 42.5 Å². The lowest BCUT2D eigenvalue weighted by molar-refractivity contribution is -0.894. The Balaban J connectivity index is 1.82. The third-order valence-corrected chi connectivity index (χ3v) is 4.04. The normalized spacial score (nSPS) is 20.0. The van der Waals surface area contributed by atoms with Crippen molar-refractivity contribution in [2.24, 2.45) is 0 Å². The number of quaternary nitrogens is 1. The van der Waals surface area contributed by atoms with Crippen LogP contribution >= 0.6 is 0 Å². The van der Waals surface area contributed by atoms with Gasteiger partial charge in [0.2, 0.25) is 0 Å². The molecule has 0 bridgehead atoms. The Morgan fingerprint density at radius 3 is 2.24 bits per heavy atom. The van der Waals surface area contributed by atoms with Crippen LogP contribution in [0.25, 0.3) is 0 Å². The van der Waals surface area contributed by atoms with Crippen LogP contribution in [0.2, 0.25) is 0 Å². The van der Waals surface area contributed by atoms with Gasteiger partial charge in [-0.1, -0.05) is 17.7 Å². The molecule has 0 spiro atoms. The van der Waals surface area contributed by atoms with Crippen molar-refractivity contribution >= 4 is 23.5 Å². The monoisotopic (exact) mass is 288 g/mol. The smallest absolute Gasteiger partial charge is 0.317 e. The van der Waals surface area contributed by atoms with E-state index in [0.717, 1.165) is 41.3 Å². The lowest BCUT2D eigenvalue weighted by atomic mass is 10.2. The number of hydrogen-bond donors (Lipinski definition) is 1. The second-order valence-electron chi connectivity index (χ2n) is 5.61. The fourth-order valence-electron chi connectivity index (χ4n) is 2.82. The van der Waals surface area contributed by atoms with Crippen LogP contribution in [0.15, 0.2) is 24.3 Å². The number of carbonyl (C=O) groups excluding carboxylic acids is 3. The number of imide groups is 2. The van der Waals surface area contributed by atoms with Gasteiger partial charge in [-0.3, -0.25) is 9.59 Å². The predicted molar refractivity (Wildman–Crippen MR) is 75.7 cm³/mol. The first-order chi connectivity index (χ1) is 10.1. The molecule has 2 aliphatic heterocycles. The molecule has 0 aliphatic carbocycles. The molecule has 2 aliphatic rings. The molecule has 110 valence electrons. The average molecular weight is 288 g/mol. The van der Waals surface area contributed by atoms with Crippen molar-refractivity contribution in [1.82, 2.24) is 4.90 Å². The quantitative estimate of drug-likeness (QED) is 0.625. The summed E-state index contributed by atoms with van der Waals surface area (Å²) in [4.78, 5) is 39.8. The number of rotatable bonds is 3. The molecule has 21 heavy (non-hydrogen) atoms. The Bertz CT molecular complexity index is 591. The van der Waals surface area contributed by atoms with E-state index in [0.29, 0.717) is 5.69 Å². The summed E-state index contributed by atoms with van der Waals surface area (Å²) in [5.74, 6) is -1.48. The van der Waals surface area contributed by atoms with Gasteiger partial charge in [0.15, 0.2) is 6.67 Å². The number of hydrogen-bond acceptors (Lipinski definition) is 3. The van der Waals surface area contributed by atoms with Gasteiger partial charge in [-0.2, -0.15) is 0 Å². The average Bonchev–Trinajstić information content (AvgIpc) is 3.05. The summed E-state index contributed by atoms with van der Waals surface area (Å²) in [6, 6.07) is 6.46. The van der Waals surface area contributed by atoms with E-state index in [-0.39, 0.29) is 6.67 Å². The maximum absolute atomic E-state index is 12.4. The molecule has 1 N–H and O–H groups in total. The zero-order valence-electron chi connectivity index (χ0n) is 12.0. The summed E-state index contributed by atoms with van der Waals surface area (Å²) in [6.45, 7) is 4.09. The van der Waals surface area contributed by atoms with Crippen molar-refractivity contribution < 1.29 is 19.3 Å². The molecule has 0 saturated carbocycles. The van der Waals surface area contributed by atoms with Crippen molar-refractivity contribution in [3.8, 4) is 0 Å². The highest BCUT2D eigenvalue weighted by Gasteiger charge is 2.47. The van der Waals surface area contributed by atoms with E-state index in [2.05, 4.69) is 0 Å². The summed E-state index contributed by atoms with van der Waals surface area (Å²) in [5.41, 5.74) is 1.48. The second kappa shape index (κ2) is 5.29. The lowest BCUT2D eigenvalue weighted by Crippen LogP contribution is -3.11. The first kappa shape index (κ1) is 13.8. The third kappa shape index (κ3) is 2.42. The predicted octanol–water partition coefficient (Wildman–Crippen LogP) is -0.0736. The van der Waals surface area contributed by atoms with E-state index < -0.39 is 17.8 Å². The maximum atomic E-state index is 12.4. The van der Waals surface area contributed by atoms with Crippen molar-refractivity contribution in [3.63, 3.8) is 0 Å². The number of nitrogens with one attached hydrogen (secondary N) is 1. The van der Waals surface area contributed by atoms with Gasteiger partial charge in [-0.25, -0.2) is 14.6 Å². The molecule has 3 rings (SSSR count). The Labute approximate surface area is 122 Å². The van der Waals surface area contributed by atoms with Gasteiger partial charge >= 0.3 is 17.8 Å². The number of likely N-dealkylation sites (tertiary alicyclic amines) is 1. The zero-order chi connectivity index (χ0) is 15.0. The maximum Gasteiger partial charge on any atom is 0.343 e. The van der Waals surface area contributed by atoms with Crippen LogP contribution in [0.4, 0.5) is 10.5 Å². The number of anilines is 1. The summed E-state index contributed by atoms with van der Waals surface area (Å²) < 4.78 is 0. The number of aryl methyl sites for hydroxylation is 1. The van der Waals surface area contributed by atoms with Gasteiger partial charge in [0.1, 0.15) is 0 Å². The topological polar surface area (TPSA) is 62.1 Å². The molecule has 2 saturated heterocycles. The Morgan fingerprint density at radius 2 is 1.62 bits per heavy atom. The van der Waals surface area contributed by atoms with Gasteiger partial charge in [-0.15, -0.1) is 0 Å². The van der Waals surface area contributed by atoms with Crippen LogP contribution < -0.4 is 9.80 Å². The molecular formula is C15H18N3O3+. The molecule has 0 aromatic heterocycles. The van der Waals surface area contributed by atoms with E-state index in [9.17, 15) is 14.4 Å². The van der Waals surface area contributed by atoms with E-state index in [1.807, 2.05) is 19.1 Å². The van der Waals surface area contributed by atoms with Gasteiger partial charge in [0.05, 0.1) is 18.8 Å². The van der Waals surface area contributed by atoms with Crippen molar-refractivity contribution in [2.75, 3.05) is 24.7 Å². The fraction of sp³-hybridized carbons (Fsp3) is 0.400. The SMILES string of the molecule is Cc1ccc(N2C(=O)C(=O)N(C[NH+]3CCCC3)C2=O)cc1. The van der Waals surface area contributed by atoms with Gasteiger partial charge in [0.25, 0.3) is 0 Å². The summed E-state index contributed by atoms with van der Waals surface area (Å²) >= 11 is 0. The Morgan fingerprint density at radius 1 is 1.00 bits per heavy atom. The standard InChI is InChI=1S/C15H17N3O3/c1-11-4-6-12(7-5-11)18-14(20)13(19)17(15(18)21)10-16-8-2-3-9-16/h4-7H,2-3,8-10H2,1H3/p+1. The zero-order valence-corrected chi connectivity index (χ0v) is 12.0. The highest BCUT2D eigenvalue weighted by atomic mass is 16.2. The minimum atomic E-state index is -0.762. The molecule has 0 radical (unpaired) electrons. The minimum Gasteiger partial charge on any atom is -0.317 e. The van der Waals surface area contributed by atoms with Crippen LogP contribution in [0.5, 0.6) is 0 Å². The molecule has 2 heterocycles. The van der Waals surface area contributed by atoms with Crippen molar-refractivity contribution in [2.45, 2.75) is 19.8 Å². The molecule has 6 nitrogen and oxygen atoms in total. The molecule has 2 fully saturated rings. The third-order valence-electron chi connectivity index (χ3n) is 4.04. The van der Waals surface area contributed by atoms with E-state index in [1.165, 1.54) is 4.90 Å².